The van der Waals surface area contributed by atoms with E-state index < -0.39 is 0 Å². The highest BCUT2D eigenvalue weighted by molar-refractivity contribution is 5.55. The van der Waals surface area contributed by atoms with Crippen LogP contribution in [-0.2, 0) is 19.3 Å². The zero-order valence-corrected chi connectivity index (χ0v) is 15.2. The highest BCUT2D eigenvalue weighted by atomic mass is 16.1. The molecule has 1 aromatic carbocycles. The number of anilines is 1. The van der Waals surface area contributed by atoms with E-state index in [1.54, 1.807) is 6.20 Å². The molecule has 0 unspecified atom stereocenters. The zero-order chi connectivity index (χ0) is 18.4. The lowest BCUT2D eigenvalue weighted by Crippen LogP contribution is -2.10. The number of benzene rings is 1. The molecule has 0 spiro atoms. The number of nitrogens with one attached hydrogen (secondary N) is 2. The van der Waals surface area contributed by atoms with Gasteiger partial charge in [-0.15, -0.1) is 0 Å². The van der Waals surface area contributed by atoms with Crippen molar-refractivity contribution < 1.29 is 0 Å². The van der Waals surface area contributed by atoms with Gasteiger partial charge in [-0.25, -0.2) is 9.97 Å². The summed E-state index contributed by atoms with van der Waals surface area (Å²) in [5.74, 6) is 1.37. The molecule has 2 aromatic heterocycles. The van der Waals surface area contributed by atoms with Crippen LogP contribution in [0.25, 0.3) is 11.4 Å². The molecule has 5 heteroatoms. The van der Waals surface area contributed by atoms with Crippen LogP contribution >= 0.6 is 0 Å². The van der Waals surface area contributed by atoms with E-state index in [9.17, 15) is 4.79 Å². The first kappa shape index (κ1) is 17.9. The van der Waals surface area contributed by atoms with E-state index in [1.165, 1.54) is 17.2 Å². The number of aryl methyl sites for hydroxylation is 2. The second-order valence-electron chi connectivity index (χ2n) is 6.22. The minimum Gasteiger partial charge on any atom is -0.370 e. The van der Waals surface area contributed by atoms with Crippen molar-refractivity contribution >= 4 is 5.82 Å². The lowest BCUT2D eigenvalue weighted by Gasteiger charge is -2.08. The summed E-state index contributed by atoms with van der Waals surface area (Å²) in [6, 6.07) is 14.1. The second-order valence-corrected chi connectivity index (χ2v) is 6.22. The van der Waals surface area contributed by atoms with Gasteiger partial charge in [-0.05, 0) is 42.5 Å². The average molecular weight is 348 g/mol. The van der Waals surface area contributed by atoms with E-state index in [1.807, 2.05) is 19.1 Å². The van der Waals surface area contributed by atoms with E-state index >= 15 is 0 Å². The molecule has 3 rings (SSSR count). The molecule has 0 atom stereocenters. The topological polar surface area (TPSA) is 70.7 Å². The summed E-state index contributed by atoms with van der Waals surface area (Å²) in [6.07, 6.45) is 4.47. The Kier molecular flexibility index (Phi) is 5.79. The van der Waals surface area contributed by atoms with Crippen LogP contribution in [0.15, 0.2) is 53.5 Å². The highest BCUT2D eigenvalue weighted by Gasteiger charge is 2.04. The molecule has 0 fully saturated rings. The van der Waals surface area contributed by atoms with E-state index in [0.717, 1.165) is 42.9 Å². The summed E-state index contributed by atoms with van der Waals surface area (Å²) in [4.78, 5) is 23.3. The summed E-state index contributed by atoms with van der Waals surface area (Å²) in [5.41, 5.74) is 4.11. The molecular weight excluding hydrogens is 324 g/mol. The Bertz CT molecular complexity index is 899. The Labute approximate surface area is 153 Å². The quantitative estimate of drug-likeness (QED) is 0.684. The van der Waals surface area contributed by atoms with Crippen LogP contribution in [0.3, 0.4) is 0 Å². The molecular formula is C21H24N4O. The fourth-order valence-electron chi connectivity index (χ4n) is 2.74. The van der Waals surface area contributed by atoms with Crippen LogP contribution in [0, 0.1) is 0 Å². The fraction of sp³-hybridized carbons (Fsp3) is 0.286. The van der Waals surface area contributed by atoms with Crippen molar-refractivity contribution in [1.29, 1.82) is 0 Å². The van der Waals surface area contributed by atoms with Crippen LogP contribution in [0.4, 0.5) is 5.82 Å². The minimum absolute atomic E-state index is 0.136. The van der Waals surface area contributed by atoms with E-state index in [-0.39, 0.29) is 5.56 Å². The molecule has 3 aromatic rings. The smallest absolute Gasteiger partial charge is 0.251 e. The van der Waals surface area contributed by atoms with Crippen molar-refractivity contribution in [3.8, 4) is 11.4 Å². The fourth-order valence-corrected chi connectivity index (χ4v) is 2.74. The van der Waals surface area contributed by atoms with Gasteiger partial charge in [-0.2, -0.15) is 0 Å². The minimum atomic E-state index is -0.136. The second kappa shape index (κ2) is 8.43. The van der Waals surface area contributed by atoms with Gasteiger partial charge in [-0.1, -0.05) is 38.1 Å². The summed E-state index contributed by atoms with van der Waals surface area (Å²) in [6.45, 7) is 4.96. The van der Waals surface area contributed by atoms with Crippen LogP contribution in [0.1, 0.15) is 30.7 Å². The maximum absolute atomic E-state index is 11.7. The Morgan fingerprint density at radius 2 is 1.77 bits per heavy atom. The predicted octanol–water partition coefficient (Wildman–Crippen LogP) is 3.61. The van der Waals surface area contributed by atoms with E-state index in [2.05, 4.69) is 51.5 Å². The summed E-state index contributed by atoms with van der Waals surface area (Å²) < 4.78 is 0. The van der Waals surface area contributed by atoms with Crippen LogP contribution < -0.4 is 10.9 Å². The van der Waals surface area contributed by atoms with Gasteiger partial charge in [0.05, 0.1) is 0 Å². The summed E-state index contributed by atoms with van der Waals surface area (Å²) in [7, 11) is 0. The highest BCUT2D eigenvalue weighted by Crippen LogP contribution is 2.15. The molecule has 2 heterocycles. The van der Waals surface area contributed by atoms with Crippen molar-refractivity contribution in [2.45, 2.75) is 33.1 Å². The summed E-state index contributed by atoms with van der Waals surface area (Å²) >= 11 is 0. The largest absolute Gasteiger partial charge is 0.370 e. The first-order valence-electron chi connectivity index (χ1n) is 9.06. The molecule has 2 N–H and O–H groups in total. The standard InChI is InChI=1S/C21H24N4O/c1-3-15-5-7-16(8-6-15)11-12-22-19-10-9-17(14-23-19)21-24-18(4-2)13-20(26)25-21/h5-10,13-14H,3-4,11-12H2,1-2H3,(H,22,23)(H,24,25,26). The molecule has 0 aliphatic carbocycles. The number of hydrogen-bond acceptors (Lipinski definition) is 4. The third kappa shape index (κ3) is 4.57. The monoisotopic (exact) mass is 348 g/mol. The molecule has 0 bridgehead atoms. The molecule has 0 radical (unpaired) electrons. The third-order valence-corrected chi connectivity index (χ3v) is 4.34. The van der Waals surface area contributed by atoms with Gasteiger partial charge in [0, 0.05) is 30.1 Å². The van der Waals surface area contributed by atoms with Gasteiger partial charge in [0.1, 0.15) is 11.6 Å². The Hall–Kier alpha value is -2.95. The Morgan fingerprint density at radius 1 is 1.00 bits per heavy atom. The van der Waals surface area contributed by atoms with Crippen molar-refractivity contribution in [1.82, 2.24) is 15.0 Å². The van der Waals surface area contributed by atoms with Gasteiger partial charge in [0.2, 0.25) is 0 Å². The lowest BCUT2D eigenvalue weighted by atomic mass is 10.1. The van der Waals surface area contributed by atoms with E-state index in [0.29, 0.717) is 5.82 Å². The van der Waals surface area contributed by atoms with Crippen molar-refractivity contribution in [3.05, 3.63) is 75.8 Å². The Balaban J connectivity index is 1.60. The number of rotatable bonds is 7. The number of aromatic amines is 1. The van der Waals surface area contributed by atoms with Gasteiger partial charge < -0.3 is 10.3 Å². The Morgan fingerprint density at radius 3 is 2.42 bits per heavy atom. The first-order chi connectivity index (χ1) is 12.7. The summed E-state index contributed by atoms with van der Waals surface area (Å²) in [5, 5.41) is 3.33. The van der Waals surface area contributed by atoms with Gasteiger partial charge >= 0.3 is 0 Å². The average Bonchev–Trinajstić information content (AvgIpc) is 2.68. The first-order valence-corrected chi connectivity index (χ1v) is 9.06. The normalized spacial score (nSPS) is 10.7. The molecule has 0 saturated heterocycles. The zero-order valence-electron chi connectivity index (χ0n) is 15.2. The SMILES string of the molecule is CCc1ccc(CCNc2ccc(-c3nc(CC)cc(=O)[nH]3)cn2)cc1. The van der Waals surface area contributed by atoms with Gasteiger partial charge in [-0.3, -0.25) is 4.79 Å². The predicted molar refractivity (Wildman–Crippen MR) is 105 cm³/mol. The number of H-pyrrole nitrogens is 1. The molecule has 5 nitrogen and oxygen atoms in total. The molecule has 0 aliphatic heterocycles. The molecule has 0 aliphatic rings. The van der Waals surface area contributed by atoms with Gasteiger partial charge in [0.15, 0.2) is 0 Å². The number of pyridine rings is 1. The lowest BCUT2D eigenvalue weighted by molar-refractivity contribution is 0.983. The molecule has 26 heavy (non-hydrogen) atoms. The maximum atomic E-state index is 11.7. The van der Waals surface area contributed by atoms with Gasteiger partial charge in [0.25, 0.3) is 5.56 Å². The molecule has 0 saturated carbocycles. The van der Waals surface area contributed by atoms with E-state index in [4.69, 9.17) is 0 Å². The number of nitrogens with zero attached hydrogens (tertiary/aromatic N) is 2. The third-order valence-electron chi connectivity index (χ3n) is 4.34. The van der Waals surface area contributed by atoms with Crippen molar-refractivity contribution in [2.75, 3.05) is 11.9 Å². The van der Waals surface area contributed by atoms with Crippen LogP contribution in [0.2, 0.25) is 0 Å². The van der Waals surface area contributed by atoms with Crippen LogP contribution in [-0.4, -0.2) is 21.5 Å². The van der Waals surface area contributed by atoms with Crippen molar-refractivity contribution in [2.24, 2.45) is 0 Å². The number of aromatic nitrogens is 3. The van der Waals surface area contributed by atoms with Crippen molar-refractivity contribution in [3.63, 3.8) is 0 Å². The molecule has 0 amide bonds. The molecule has 134 valence electrons. The van der Waals surface area contributed by atoms with Crippen LogP contribution in [0.5, 0.6) is 0 Å². The number of hydrogen-bond donors (Lipinski definition) is 2. The maximum Gasteiger partial charge on any atom is 0.251 e.